The van der Waals surface area contributed by atoms with E-state index in [1.165, 1.54) is 6.07 Å². The molecule has 0 saturated carbocycles. The molecule has 0 aliphatic rings. The molecule has 0 bridgehead atoms. The zero-order valence-corrected chi connectivity index (χ0v) is 9.44. The van der Waals surface area contributed by atoms with Gasteiger partial charge in [0.1, 0.15) is 12.0 Å². The van der Waals surface area contributed by atoms with Crippen LogP contribution in [0.5, 0.6) is 5.75 Å². The number of esters is 1. The van der Waals surface area contributed by atoms with Crippen LogP contribution >= 0.6 is 0 Å². The maximum absolute atomic E-state index is 11.4. The van der Waals surface area contributed by atoms with Crippen LogP contribution in [0.3, 0.4) is 0 Å². The summed E-state index contributed by atoms with van der Waals surface area (Å²) in [6.07, 6.45) is -0.265. The van der Waals surface area contributed by atoms with Gasteiger partial charge in [-0.05, 0) is 26.8 Å². The van der Waals surface area contributed by atoms with Crippen LogP contribution in [0.4, 0.5) is 0 Å². The standard InChI is InChI=1S/C11H14O5/c1-11(2,3)16-10(14)6-8-7(12)4-5-9(13)15-8/h4-5,12H,6H2,1-3H3. The smallest absolute Gasteiger partial charge is 0.336 e. The molecule has 1 aromatic rings. The molecular formula is C11H14O5. The molecule has 0 fully saturated rings. The van der Waals surface area contributed by atoms with E-state index in [1.54, 1.807) is 20.8 Å². The maximum atomic E-state index is 11.4. The topological polar surface area (TPSA) is 76.7 Å². The molecule has 0 aliphatic heterocycles. The molecule has 0 spiro atoms. The van der Waals surface area contributed by atoms with Crippen LogP contribution in [-0.2, 0) is 16.0 Å². The normalized spacial score (nSPS) is 11.2. The van der Waals surface area contributed by atoms with Crippen LogP contribution in [-0.4, -0.2) is 16.7 Å². The van der Waals surface area contributed by atoms with E-state index in [4.69, 9.17) is 4.74 Å². The second-order valence-electron chi connectivity index (χ2n) is 4.33. The molecule has 0 aliphatic carbocycles. The summed E-state index contributed by atoms with van der Waals surface area (Å²) in [6.45, 7) is 5.18. The van der Waals surface area contributed by atoms with E-state index in [-0.39, 0.29) is 17.9 Å². The Morgan fingerprint density at radius 2 is 2.06 bits per heavy atom. The lowest BCUT2D eigenvalue weighted by Crippen LogP contribution is -2.25. The molecule has 0 aromatic carbocycles. The predicted molar refractivity (Wildman–Crippen MR) is 56.2 cm³/mol. The van der Waals surface area contributed by atoms with Crippen LogP contribution in [0.1, 0.15) is 26.5 Å². The Kier molecular flexibility index (Phi) is 3.37. The van der Waals surface area contributed by atoms with E-state index in [0.717, 1.165) is 6.07 Å². The average Bonchev–Trinajstić information content (AvgIpc) is 2.08. The minimum absolute atomic E-state index is 0.0817. The third kappa shape index (κ3) is 3.76. The SMILES string of the molecule is CC(C)(C)OC(=O)Cc1oc(=O)ccc1O. The Morgan fingerprint density at radius 3 is 2.62 bits per heavy atom. The van der Waals surface area contributed by atoms with Crippen LogP contribution in [0.25, 0.3) is 0 Å². The molecule has 0 atom stereocenters. The fourth-order valence-corrected chi connectivity index (χ4v) is 1.08. The van der Waals surface area contributed by atoms with Gasteiger partial charge in [0.05, 0.1) is 0 Å². The summed E-state index contributed by atoms with van der Waals surface area (Å²) in [7, 11) is 0. The first-order valence-corrected chi connectivity index (χ1v) is 4.82. The molecule has 1 N–H and O–H groups in total. The molecule has 0 amide bonds. The average molecular weight is 226 g/mol. The predicted octanol–water partition coefficient (Wildman–Crippen LogP) is 1.23. The molecule has 5 heteroatoms. The fraction of sp³-hybridized carbons (Fsp3) is 0.455. The van der Waals surface area contributed by atoms with Gasteiger partial charge in [-0.3, -0.25) is 4.79 Å². The van der Waals surface area contributed by atoms with Crippen molar-refractivity contribution in [3.8, 4) is 5.75 Å². The van der Waals surface area contributed by atoms with Gasteiger partial charge in [-0.25, -0.2) is 4.79 Å². The lowest BCUT2D eigenvalue weighted by atomic mass is 10.2. The third-order valence-corrected chi connectivity index (χ3v) is 1.61. The van der Waals surface area contributed by atoms with Gasteiger partial charge in [0.2, 0.25) is 0 Å². The number of ether oxygens (including phenoxy) is 1. The number of hydrogen-bond acceptors (Lipinski definition) is 5. The van der Waals surface area contributed by atoms with Crippen LogP contribution in [0, 0.1) is 0 Å². The van der Waals surface area contributed by atoms with Gasteiger partial charge in [0.15, 0.2) is 11.5 Å². The summed E-state index contributed by atoms with van der Waals surface area (Å²) in [5, 5.41) is 9.34. The molecule has 1 rings (SSSR count). The van der Waals surface area contributed by atoms with E-state index >= 15 is 0 Å². The molecule has 0 unspecified atom stereocenters. The summed E-state index contributed by atoms with van der Waals surface area (Å²) in [5.74, 6) is -0.871. The van der Waals surface area contributed by atoms with Gasteiger partial charge in [0, 0.05) is 6.07 Å². The molecule has 5 nitrogen and oxygen atoms in total. The minimum atomic E-state index is -0.614. The van der Waals surface area contributed by atoms with Crippen LogP contribution in [0.2, 0.25) is 0 Å². The van der Waals surface area contributed by atoms with E-state index < -0.39 is 17.2 Å². The second kappa shape index (κ2) is 4.38. The first kappa shape index (κ1) is 12.3. The van der Waals surface area contributed by atoms with Gasteiger partial charge in [-0.15, -0.1) is 0 Å². The first-order valence-electron chi connectivity index (χ1n) is 4.82. The van der Waals surface area contributed by atoms with E-state index in [9.17, 15) is 14.7 Å². The second-order valence-corrected chi connectivity index (χ2v) is 4.33. The number of carbonyl (C=O) groups excluding carboxylic acids is 1. The highest BCUT2D eigenvalue weighted by molar-refractivity contribution is 5.72. The van der Waals surface area contributed by atoms with Crippen molar-refractivity contribution < 1.29 is 19.1 Å². The minimum Gasteiger partial charge on any atom is -0.504 e. The highest BCUT2D eigenvalue weighted by Crippen LogP contribution is 2.16. The quantitative estimate of drug-likeness (QED) is 0.767. The summed E-state index contributed by atoms with van der Waals surface area (Å²) in [5.41, 5.74) is -1.22. The summed E-state index contributed by atoms with van der Waals surface area (Å²) in [4.78, 5) is 22.3. The van der Waals surface area contributed by atoms with Crippen molar-refractivity contribution in [3.63, 3.8) is 0 Å². The van der Waals surface area contributed by atoms with Crippen molar-refractivity contribution in [1.29, 1.82) is 0 Å². The summed E-state index contributed by atoms with van der Waals surface area (Å²) < 4.78 is 9.71. The molecule has 0 radical (unpaired) electrons. The number of carbonyl (C=O) groups is 1. The largest absolute Gasteiger partial charge is 0.504 e. The van der Waals surface area contributed by atoms with Crippen molar-refractivity contribution in [1.82, 2.24) is 0 Å². The van der Waals surface area contributed by atoms with Gasteiger partial charge in [-0.2, -0.15) is 0 Å². The lowest BCUT2D eigenvalue weighted by Gasteiger charge is -2.19. The van der Waals surface area contributed by atoms with Crippen molar-refractivity contribution in [2.24, 2.45) is 0 Å². The Labute approximate surface area is 92.7 Å². The molecule has 88 valence electrons. The maximum Gasteiger partial charge on any atom is 0.336 e. The molecular weight excluding hydrogens is 212 g/mol. The lowest BCUT2D eigenvalue weighted by molar-refractivity contribution is -0.154. The van der Waals surface area contributed by atoms with Crippen LogP contribution in [0.15, 0.2) is 21.3 Å². The van der Waals surface area contributed by atoms with Crippen molar-refractivity contribution in [3.05, 3.63) is 28.3 Å². The molecule has 0 saturated heterocycles. The Bertz CT molecular complexity index is 438. The highest BCUT2D eigenvalue weighted by atomic mass is 16.6. The third-order valence-electron chi connectivity index (χ3n) is 1.61. The van der Waals surface area contributed by atoms with Crippen molar-refractivity contribution >= 4 is 5.97 Å². The summed E-state index contributed by atoms with van der Waals surface area (Å²) in [6, 6.07) is 2.26. The Hall–Kier alpha value is -1.78. The zero-order chi connectivity index (χ0) is 12.3. The first-order chi connectivity index (χ1) is 7.28. The Morgan fingerprint density at radius 1 is 1.44 bits per heavy atom. The number of hydrogen-bond donors (Lipinski definition) is 1. The van der Waals surface area contributed by atoms with Gasteiger partial charge in [-0.1, -0.05) is 0 Å². The van der Waals surface area contributed by atoms with E-state index in [2.05, 4.69) is 4.42 Å². The highest BCUT2D eigenvalue weighted by Gasteiger charge is 2.19. The van der Waals surface area contributed by atoms with Gasteiger partial charge < -0.3 is 14.3 Å². The monoisotopic (exact) mass is 226 g/mol. The molecule has 16 heavy (non-hydrogen) atoms. The number of aromatic hydroxyl groups is 1. The Balaban J connectivity index is 2.77. The summed E-state index contributed by atoms with van der Waals surface area (Å²) >= 11 is 0. The van der Waals surface area contributed by atoms with E-state index in [0.29, 0.717) is 0 Å². The van der Waals surface area contributed by atoms with Crippen LogP contribution < -0.4 is 5.63 Å². The molecule has 1 aromatic heterocycles. The fourth-order valence-electron chi connectivity index (χ4n) is 1.08. The van der Waals surface area contributed by atoms with Crippen molar-refractivity contribution in [2.75, 3.05) is 0 Å². The van der Waals surface area contributed by atoms with Gasteiger partial charge >= 0.3 is 11.6 Å². The van der Waals surface area contributed by atoms with Crippen molar-refractivity contribution in [2.45, 2.75) is 32.8 Å². The zero-order valence-electron chi connectivity index (χ0n) is 9.44. The van der Waals surface area contributed by atoms with Gasteiger partial charge in [0.25, 0.3) is 0 Å². The molecule has 1 heterocycles. The van der Waals surface area contributed by atoms with E-state index in [1.807, 2.05) is 0 Å². The number of rotatable bonds is 2.